The number of aromatic nitrogens is 2. The highest BCUT2D eigenvalue weighted by Gasteiger charge is 2.22. The molecule has 1 aromatic heterocycles. The van der Waals surface area contributed by atoms with Gasteiger partial charge in [-0.05, 0) is 24.6 Å². The van der Waals surface area contributed by atoms with E-state index >= 15 is 0 Å². The van der Waals surface area contributed by atoms with E-state index in [1.165, 1.54) is 0 Å². The number of nitrogens with one attached hydrogen (secondary N) is 1. The molecule has 0 radical (unpaired) electrons. The Labute approximate surface area is 134 Å². The molecule has 0 fully saturated rings. The molecule has 1 amide bonds. The second kappa shape index (κ2) is 6.44. The number of hydrogen-bond donors (Lipinski definition) is 1. The Morgan fingerprint density at radius 2 is 1.83 bits per heavy atom. The summed E-state index contributed by atoms with van der Waals surface area (Å²) in [6.07, 6.45) is 0. The second-order valence-corrected chi connectivity index (χ2v) is 5.35. The Balaban J connectivity index is 1.92. The summed E-state index contributed by atoms with van der Waals surface area (Å²) in [6, 6.07) is 16.5. The van der Waals surface area contributed by atoms with Gasteiger partial charge in [0.25, 0.3) is 5.91 Å². The van der Waals surface area contributed by atoms with Crippen LogP contribution in [0.2, 0.25) is 0 Å². The molecule has 2 aromatic carbocycles. The standard InChI is InChI=1S/C18H17N3O2/c1-12-7-6-10-15(11-12)17(22)19-16(14-8-4-3-5-9-14)18-21-20-13(2)23-18/h3-11,16H,1-2H3,(H,19,22). The van der Waals surface area contributed by atoms with Crippen molar-refractivity contribution in [2.24, 2.45) is 0 Å². The first-order valence-corrected chi connectivity index (χ1v) is 7.36. The first-order valence-electron chi connectivity index (χ1n) is 7.36. The van der Waals surface area contributed by atoms with Crippen molar-refractivity contribution in [1.82, 2.24) is 15.5 Å². The minimum Gasteiger partial charge on any atom is -0.423 e. The van der Waals surface area contributed by atoms with Crippen LogP contribution in [0.1, 0.15) is 39.3 Å². The van der Waals surface area contributed by atoms with E-state index < -0.39 is 6.04 Å². The third-order valence-corrected chi connectivity index (χ3v) is 3.48. The number of hydrogen-bond acceptors (Lipinski definition) is 4. The summed E-state index contributed by atoms with van der Waals surface area (Å²) in [6.45, 7) is 3.67. The molecule has 0 saturated carbocycles. The highest BCUT2D eigenvalue weighted by Crippen LogP contribution is 2.21. The summed E-state index contributed by atoms with van der Waals surface area (Å²) in [5.41, 5.74) is 2.52. The van der Waals surface area contributed by atoms with Crippen molar-refractivity contribution < 1.29 is 9.21 Å². The molecular formula is C18H17N3O2. The van der Waals surface area contributed by atoms with Crippen LogP contribution >= 0.6 is 0 Å². The smallest absolute Gasteiger partial charge is 0.252 e. The van der Waals surface area contributed by atoms with Crippen molar-refractivity contribution in [2.75, 3.05) is 0 Å². The van der Waals surface area contributed by atoms with Gasteiger partial charge in [-0.1, -0.05) is 48.0 Å². The maximum absolute atomic E-state index is 12.6. The van der Waals surface area contributed by atoms with Gasteiger partial charge >= 0.3 is 0 Å². The van der Waals surface area contributed by atoms with Crippen LogP contribution in [0.25, 0.3) is 0 Å². The van der Waals surface area contributed by atoms with Crippen molar-refractivity contribution in [3.63, 3.8) is 0 Å². The molecule has 5 nitrogen and oxygen atoms in total. The molecule has 3 aromatic rings. The zero-order valence-electron chi connectivity index (χ0n) is 13.0. The molecule has 1 heterocycles. The van der Waals surface area contributed by atoms with Gasteiger partial charge in [0, 0.05) is 12.5 Å². The highest BCUT2D eigenvalue weighted by atomic mass is 16.4. The van der Waals surface area contributed by atoms with Crippen LogP contribution < -0.4 is 5.32 Å². The average molecular weight is 307 g/mol. The Morgan fingerprint density at radius 1 is 1.04 bits per heavy atom. The van der Waals surface area contributed by atoms with Crippen LogP contribution in [0.4, 0.5) is 0 Å². The molecule has 5 heteroatoms. The van der Waals surface area contributed by atoms with Crippen molar-refractivity contribution >= 4 is 5.91 Å². The molecule has 23 heavy (non-hydrogen) atoms. The van der Waals surface area contributed by atoms with Gasteiger partial charge in [-0.15, -0.1) is 10.2 Å². The lowest BCUT2D eigenvalue weighted by molar-refractivity contribution is 0.0937. The Morgan fingerprint density at radius 3 is 2.48 bits per heavy atom. The molecule has 1 atom stereocenters. The van der Waals surface area contributed by atoms with Gasteiger partial charge in [0.1, 0.15) is 6.04 Å². The van der Waals surface area contributed by atoms with E-state index in [0.29, 0.717) is 17.3 Å². The summed E-state index contributed by atoms with van der Waals surface area (Å²) < 4.78 is 5.52. The molecular weight excluding hydrogens is 290 g/mol. The summed E-state index contributed by atoms with van der Waals surface area (Å²) in [4.78, 5) is 12.6. The lowest BCUT2D eigenvalue weighted by Crippen LogP contribution is -2.29. The van der Waals surface area contributed by atoms with Crippen molar-refractivity contribution in [1.29, 1.82) is 0 Å². The molecule has 0 aliphatic rings. The average Bonchev–Trinajstić information content (AvgIpc) is 2.99. The number of carbonyl (C=O) groups is 1. The number of rotatable bonds is 4. The Bertz CT molecular complexity index is 812. The van der Waals surface area contributed by atoms with Gasteiger partial charge in [-0.2, -0.15) is 0 Å². The molecule has 3 rings (SSSR count). The zero-order chi connectivity index (χ0) is 16.2. The lowest BCUT2D eigenvalue weighted by Gasteiger charge is -2.16. The number of carbonyl (C=O) groups excluding carboxylic acids is 1. The molecule has 116 valence electrons. The van der Waals surface area contributed by atoms with E-state index in [1.54, 1.807) is 13.0 Å². The Kier molecular flexibility index (Phi) is 4.19. The number of aryl methyl sites for hydroxylation is 2. The molecule has 0 aliphatic carbocycles. The monoisotopic (exact) mass is 307 g/mol. The lowest BCUT2D eigenvalue weighted by atomic mass is 10.1. The minimum atomic E-state index is -0.481. The fourth-order valence-corrected chi connectivity index (χ4v) is 2.36. The first kappa shape index (κ1) is 15.0. The van der Waals surface area contributed by atoms with Crippen LogP contribution in [0.5, 0.6) is 0 Å². The maximum atomic E-state index is 12.6. The van der Waals surface area contributed by atoms with Crippen molar-refractivity contribution in [3.05, 3.63) is 83.1 Å². The van der Waals surface area contributed by atoms with Gasteiger partial charge in [0.15, 0.2) is 0 Å². The van der Waals surface area contributed by atoms with Crippen molar-refractivity contribution in [2.45, 2.75) is 19.9 Å². The van der Waals surface area contributed by atoms with E-state index in [-0.39, 0.29) is 5.91 Å². The minimum absolute atomic E-state index is 0.182. The second-order valence-electron chi connectivity index (χ2n) is 5.35. The van der Waals surface area contributed by atoms with Crippen LogP contribution in [0.15, 0.2) is 59.0 Å². The molecule has 1 unspecified atom stereocenters. The van der Waals surface area contributed by atoms with Crippen LogP contribution in [0.3, 0.4) is 0 Å². The third-order valence-electron chi connectivity index (χ3n) is 3.48. The van der Waals surface area contributed by atoms with E-state index in [4.69, 9.17) is 4.42 Å². The van der Waals surface area contributed by atoms with E-state index in [2.05, 4.69) is 15.5 Å². The molecule has 0 aliphatic heterocycles. The topological polar surface area (TPSA) is 68.0 Å². The SMILES string of the molecule is Cc1cccc(C(=O)NC(c2ccccc2)c2nnc(C)o2)c1. The van der Waals surface area contributed by atoms with Gasteiger partial charge in [0.05, 0.1) is 0 Å². The predicted molar refractivity (Wildman–Crippen MR) is 86.0 cm³/mol. The largest absolute Gasteiger partial charge is 0.423 e. The quantitative estimate of drug-likeness (QED) is 0.803. The molecule has 1 N–H and O–H groups in total. The zero-order valence-corrected chi connectivity index (χ0v) is 13.0. The van der Waals surface area contributed by atoms with Gasteiger partial charge in [0.2, 0.25) is 11.8 Å². The molecule has 0 bridgehead atoms. The summed E-state index contributed by atoms with van der Waals surface area (Å²) in [5, 5.41) is 10.9. The first-order chi connectivity index (χ1) is 11.1. The third kappa shape index (κ3) is 3.45. The number of benzene rings is 2. The van der Waals surface area contributed by atoms with Gasteiger partial charge in [-0.3, -0.25) is 4.79 Å². The van der Waals surface area contributed by atoms with Crippen molar-refractivity contribution in [3.8, 4) is 0 Å². The normalized spacial score (nSPS) is 11.9. The summed E-state index contributed by atoms with van der Waals surface area (Å²) in [5.74, 6) is 0.652. The summed E-state index contributed by atoms with van der Waals surface area (Å²) >= 11 is 0. The number of nitrogens with zero attached hydrogens (tertiary/aromatic N) is 2. The van der Waals surface area contributed by atoms with E-state index in [9.17, 15) is 4.79 Å². The Hall–Kier alpha value is -2.95. The molecule has 0 spiro atoms. The van der Waals surface area contributed by atoms with E-state index in [1.807, 2.05) is 55.5 Å². The predicted octanol–water partition coefficient (Wildman–Crippen LogP) is 3.21. The van der Waals surface area contributed by atoms with Crippen LogP contribution in [0, 0.1) is 13.8 Å². The summed E-state index contributed by atoms with van der Waals surface area (Å²) in [7, 11) is 0. The van der Waals surface area contributed by atoms with Crippen LogP contribution in [-0.4, -0.2) is 16.1 Å². The number of amides is 1. The fourth-order valence-electron chi connectivity index (χ4n) is 2.36. The molecule has 0 saturated heterocycles. The maximum Gasteiger partial charge on any atom is 0.252 e. The van der Waals surface area contributed by atoms with E-state index in [0.717, 1.165) is 11.1 Å². The van der Waals surface area contributed by atoms with Crippen LogP contribution in [-0.2, 0) is 0 Å². The van der Waals surface area contributed by atoms with Gasteiger partial charge in [-0.25, -0.2) is 0 Å². The van der Waals surface area contributed by atoms with Gasteiger partial charge < -0.3 is 9.73 Å². The fraction of sp³-hybridized carbons (Fsp3) is 0.167. The highest BCUT2D eigenvalue weighted by molar-refractivity contribution is 5.94.